The van der Waals surface area contributed by atoms with Crippen LogP contribution < -0.4 is 4.74 Å². The van der Waals surface area contributed by atoms with Gasteiger partial charge in [0.2, 0.25) is 0 Å². The first-order chi connectivity index (χ1) is 8.83. The largest absolute Gasteiger partial charge is 0.508 e. The van der Waals surface area contributed by atoms with Crippen molar-refractivity contribution in [3.8, 4) is 11.5 Å². The van der Waals surface area contributed by atoms with Gasteiger partial charge in [0.25, 0.3) is 0 Å². The Balaban J connectivity index is 1.92. The van der Waals surface area contributed by atoms with Crippen molar-refractivity contribution in [2.24, 2.45) is 0 Å². The molecule has 0 unspecified atom stereocenters. The lowest BCUT2D eigenvalue weighted by molar-refractivity contribution is 0.156. The zero-order valence-electron chi connectivity index (χ0n) is 10.8. The van der Waals surface area contributed by atoms with Crippen LogP contribution >= 0.6 is 0 Å². The summed E-state index contributed by atoms with van der Waals surface area (Å²) in [5.41, 5.74) is 0. The minimum absolute atomic E-state index is 0.266. The third kappa shape index (κ3) is 6.97. The van der Waals surface area contributed by atoms with E-state index in [1.54, 1.807) is 30.3 Å². The van der Waals surface area contributed by atoms with E-state index in [1.165, 1.54) is 0 Å². The Kier molecular flexibility index (Phi) is 7.73. The van der Waals surface area contributed by atoms with Crippen molar-refractivity contribution in [3.63, 3.8) is 0 Å². The summed E-state index contributed by atoms with van der Waals surface area (Å²) in [4.78, 5) is 0. The Labute approximate surface area is 109 Å². The van der Waals surface area contributed by atoms with E-state index in [9.17, 15) is 0 Å². The predicted molar refractivity (Wildman–Crippen MR) is 73.1 cm³/mol. The van der Waals surface area contributed by atoms with Crippen molar-refractivity contribution in [2.45, 2.75) is 25.7 Å². The lowest BCUT2D eigenvalue weighted by atomic mass is 10.2. The highest BCUT2D eigenvalue weighted by atomic mass is 16.5. The molecule has 1 N–H and O–H groups in total. The molecule has 0 aromatic heterocycles. The van der Waals surface area contributed by atoms with Gasteiger partial charge in [-0.15, -0.1) is 6.58 Å². The van der Waals surface area contributed by atoms with Crippen LogP contribution in [0.1, 0.15) is 25.7 Å². The number of unbranched alkanes of at least 4 members (excludes halogenated alkanes) is 3. The standard InChI is InChI=1S/C15H22O3/c1-2-11-17-12-5-3-4-6-13-18-15-9-7-14(16)8-10-15/h2,7-10,16H,1,3-6,11-13H2. The molecule has 1 aromatic carbocycles. The summed E-state index contributed by atoms with van der Waals surface area (Å²) in [7, 11) is 0. The molecule has 0 heterocycles. The fourth-order valence-electron chi connectivity index (χ4n) is 1.56. The molecule has 100 valence electrons. The van der Waals surface area contributed by atoms with Gasteiger partial charge in [0.05, 0.1) is 13.2 Å². The smallest absolute Gasteiger partial charge is 0.119 e. The molecule has 3 nitrogen and oxygen atoms in total. The Morgan fingerprint density at radius 1 is 1.00 bits per heavy atom. The van der Waals surface area contributed by atoms with Gasteiger partial charge in [-0.25, -0.2) is 0 Å². The zero-order chi connectivity index (χ0) is 13.1. The Morgan fingerprint density at radius 2 is 1.67 bits per heavy atom. The number of ether oxygens (including phenoxy) is 2. The average Bonchev–Trinajstić information content (AvgIpc) is 2.39. The van der Waals surface area contributed by atoms with E-state index >= 15 is 0 Å². The summed E-state index contributed by atoms with van der Waals surface area (Å²) in [6.07, 6.45) is 6.21. The molecule has 0 bridgehead atoms. The number of hydrogen-bond donors (Lipinski definition) is 1. The molecule has 0 aliphatic heterocycles. The first-order valence-corrected chi connectivity index (χ1v) is 6.43. The van der Waals surface area contributed by atoms with Gasteiger partial charge in [-0.3, -0.25) is 0 Å². The van der Waals surface area contributed by atoms with Crippen LogP contribution in [0, 0.1) is 0 Å². The normalized spacial score (nSPS) is 10.2. The highest BCUT2D eigenvalue weighted by Crippen LogP contribution is 2.16. The van der Waals surface area contributed by atoms with Crippen molar-refractivity contribution in [2.75, 3.05) is 19.8 Å². The van der Waals surface area contributed by atoms with Crippen LogP contribution in [0.4, 0.5) is 0 Å². The van der Waals surface area contributed by atoms with Gasteiger partial charge < -0.3 is 14.6 Å². The fourth-order valence-corrected chi connectivity index (χ4v) is 1.56. The maximum Gasteiger partial charge on any atom is 0.119 e. The molecule has 18 heavy (non-hydrogen) atoms. The van der Waals surface area contributed by atoms with Crippen molar-refractivity contribution >= 4 is 0 Å². The summed E-state index contributed by atoms with van der Waals surface area (Å²) in [6.45, 7) is 5.77. The van der Waals surface area contributed by atoms with Crippen LogP contribution in [-0.4, -0.2) is 24.9 Å². The minimum Gasteiger partial charge on any atom is -0.508 e. The molecule has 0 radical (unpaired) electrons. The van der Waals surface area contributed by atoms with E-state index in [4.69, 9.17) is 14.6 Å². The van der Waals surface area contributed by atoms with Gasteiger partial charge in [0, 0.05) is 6.61 Å². The van der Waals surface area contributed by atoms with Gasteiger partial charge in [0.15, 0.2) is 0 Å². The first kappa shape index (κ1) is 14.6. The molecule has 0 aliphatic carbocycles. The van der Waals surface area contributed by atoms with E-state index in [2.05, 4.69) is 6.58 Å². The summed E-state index contributed by atoms with van der Waals surface area (Å²) in [5, 5.41) is 9.11. The summed E-state index contributed by atoms with van der Waals surface area (Å²) in [6, 6.07) is 6.81. The number of hydrogen-bond acceptors (Lipinski definition) is 3. The molecule has 0 saturated heterocycles. The lowest BCUT2D eigenvalue weighted by Gasteiger charge is -2.06. The molecule has 1 rings (SSSR count). The molecule has 0 spiro atoms. The summed E-state index contributed by atoms with van der Waals surface area (Å²) in [5.74, 6) is 1.07. The second-order valence-corrected chi connectivity index (χ2v) is 4.12. The lowest BCUT2D eigenvalue weighted by Crippen LogP contribution is -1.98. The third-order valence-electron chi connectivity index (χ3n) is 2.52. The van der Waals surface area contributed by atoms with E-state index < -0.39 is 0 Å². The molecular formula is C15H22O3. The average molecular weight is 250 g/mol. The molecule has 0 aliphatic rings. The number of benzene rings is 1. The summed E-state index contributed by atoms with van der Waals surface area (Å²) >= 11 is 0. The Hall–Kier alpha value is -1.48. The maximum absolute atomic E-state index is 9.11. The molecule has 0 amide bonds. The van der Waals surface area contributed by atoms with Crippen LogP contribution in [-0.2, 0) is 4.74 Å². The fraction of sp³-hybridized carbons (Fsp3) is 0.467. The van der Waals surface area contributed by atoms with Gasteiger partial charge in [-0.05, 0) is 43.5 Å². The number of aromatic hydroxyl groups is 1. The number of phenols is 1. The molecular weight excluding hydrogens is 228 g/mol. The Morgan fingerprint density at radius 3 is 2.33 bits per heavy atom. The van der Waals surface area contributed by atoms with Crippen LogP contribution in [0.25, 0.3) is 0 Å². The Bertz CT molecular complexity index is 319. The van der Waals surface area contributed by atoms with Gasteiger partial charge in [0.1, 0.15) is 11.5 Å². The minimum atomic E-state index is 0.266. The second kappa shape index (κ2) is 9.54. The van der Waals surface area contributed by atoms with E-state index in [0.717, 1.165) is 44.6 Å². The van der Waals surface area contributed by atoms with Crippen LogP contribution in [0.2, 0.25) is 0 Å². The zero-order valence-corrected chi connectivity index (χ0v) is 10.8. The third-order valence-corrected chi connectivity index (χ3v) is 2.52. The monoisotopic (exact) mass is 250 g/mol. The van der Waals surface area contributed by atoms with E-state index in [-0.39, 0.29) is 5.75 Å². The van der Waals surface area contributed by atoms with E-state index in [1.807, 2.05) is 0 Å². The van der Waals surface area contributed by atoms with Crippen molar-refractivity contribution in [1.29, 1.82) is 0 Å². The van der Waals surface area contributed by atoms with Gasteiger partial charge in [-0.1, -0.05) is 12.5 Å². The number of phenolic OH excluding ortho intramolecular Hbond substituents is 1. The molecule has 0 fully saturated rings. The second-order valence-electron chi connectivity index (χ2n) is 4.12. The quantitative estimate of drug-likeness (QED) is 0.510. The molecule has 3 heteroatoms. The SMILES string of the molecule is C=CCOCCCCCCOc1ccc(O)cc1. The predicted octanol–water partition coefficient (Wildman–Crippen LogP) is 3.53. The molecule has 0 atom stereocenters. The number of rotatable bonds is 10. The van der Waals surface area contributed by atoms with E-state index in [0.29, 0.717) is 6.61 Å². The van der Waals surface area contributed by atoms with Crippen LogP contribution in [0.15, 0.2) is 36.9 Å². The van der Waals surface area contributed by atoms with Gasteiger partial charge >= 0.3 is 0 Å². The van der Waals surface area contributed by atoms with Crippen molar-refractivity contribution in [1.82, 2.24) is 0 Å². The molecule has 1 aromatic rings. The van der Waals surface area contributed by atoms with Crippen LogP contribution in [0.5, 0.6) is 11.5 Å². The van der Waals surface area contributed by atoms with Gasteiger partial charge in [-0.2, -0.15) is 0 Å². The van der Waals surface area contributed by atoms with Crippen molar-refractivity contribution in [3.05, 3.63) is 36.9 Å². The van der Waals surface area contributed by atoms with Crippen LogP contribution in [0.3, 0.4) is 0 Å². The highest BCUT2D eigenvalue weighted by molar-refractivity contribution is 5.29. The van der Waals surface area contributed by atoms with Crippen molar-refractivity contribution < 1.29 is 14.6 Å². The summed E-state index contributed by atoms with van der Waals surface area (Å²) < 4.78 is 10.8. The topological polar surface area (TPSA) is 38.7 Å². The highest BCUT2D eigenvalue weighted by Gasteiger charge is 1.95. The maximum atomic E-state index is 9.11. The molecule has 0 saturated carbocycles. The first-order valence-electron chi connectivity index (χ1n) is 6.43.